The van der Waals surface area contributed by atoms with Crippen molar-refractivity contribution in [3.8, 4) is 5.75 Å². The second-order valence-electron chi connectivity index (χ2n) is 9.40. The third-order valence-corrected chi connectivity index (χ3v) is 5.68. The Kier molecular flexibility index (Phi) is 5.83. The van der Waals surface area contributed by atoms with Crippen molar-refractivity contribution in [3.05, 3.63) is 63.8 Å². The van der Waals surface area contributed by atoms with E-state index in [4.69, 9.17) is 0 Å². The summed E-state index contributed by atoms with van der Waals surface area (Å²) in [5.74, 6) is -0.430. The smallest absolute Gasteiger partial charge is 0.264 e. The first kappa shape index (κ1) is 22.1. The van der Waals surface area contributed by atoms with E-state index in [1.807, 2.05) is 53.7 Å². The van der Waals surface area contributed by atoms with Gasteiger partial charge >= 0.3 is 0 Å². The lowest BCUT2D eigenvalue weighted by Gasteiger charge is -2.28. The molecule has 0 radical (unpaired) electrons. The highest BCUT2D eigenvalue weighted by Gasteiger charge is 2.28. The van der Waals surface area contributed by atoms with Gasteiger partial charge in [-0.05, 0) is 58.5 Å². The number of hydrogen-bond donors (Lipinski definition) is 2. The molecule has 30 heavy (non-hydrogen) atoms. The van der Waals surface area contributed by atoms with Gasteiger partial charge in [-0.2, -0.15) is 0 Å². The zero-order valence-corrected chi connectivity index (χ0v) is 18.9. The molecule has 158 valence electrons. The number of nitrogens with one attached hydrogen (secondary N) is 1. The summed E-state index contributed by atoms with van der Waals surface area (Å²) in [5, 5.41) is 13.9. The highest BCUT2D eigenvalue weighted by atomic mass is 32.2. The second kappa shape index (κ2) is 7.91. The number of phenols is 1. The average molecular weight is 427 g/mol. The maximum absolute atomic E-state index is 13.9. The number of aliphatic imine (C=N–C) groups is 1. The van der Waals surface area contributed by atoms with Crippen LogP contribution >= 0.6 is 11.8 Å². The van der Waals surface area contributed by atoms with Gasteiger partial charge in [0.1, 0.15) is 17.3 Å². The summed E-state index contributed by atoms with van der Waals surface area (Å²) in [7, 11) is 0. The van der Waals surface area contributed by atoms with Gasteiger partial charge in [0.15, 0.2) is 5.17 Å². The third-order valence-electron chi connectivity index (χ3n) is 4.77. The largest absolute Gasteiger partial charge is 0.507 e. The Morgan fingerprint density at radius 3 is 2.13 bits per heavy atom. The minimum absolute atomic E-state index is 0.177. The second-order valence-corrected chi connectivity index (χ2v) is 10.4. The molecule has 0 atom stereocenters. The molecule has 6 heteroatoms. The van der Waals surface area contributed by atoms with Crippen LogP contribution in [-0.2, 0) is 15.6 Å². The van der Waals surface area contributed by atoms with E-state index in [1.54, 1.807) is 24.3 Å². The molecule has 2 aromatic carbocycles. The number of carbonyl (C=O) groups is 1. The maximum atomic E-state index is 13.9. The first-order chi connectivity index (χ1) is 13.9. The molecule has 0 unspecified atom stereocenters. The lowest BCUT2D eigenvalue weighted by Crippen LogP contribution is -2.19. The summed E-state index contributed by atoms with van der Waals surface area (Å²) in [6.45, 7) is 12.3. The normalized spacial score (nSPS) is 17.6. The number of aromatic hydroxyl groups is 1. The van der Waals surface area contributed by atoms with E-state index in [1.165, 1.54) is 17.8 Å². The van der Waals surface area contributed by atoms with Crippen LogP contribution in [0.2, 0.25) is 0 Å². The van der Waals surface area contributed by atoms with Crippen molar-refractivity contribution in [2.45, 2.75) is 52.4 Å². The molecule has 3 rings (SSSR count). The van der Waals surface area contributed by atoms with Gasteiger partial charge in [-0.3, -0.25) is 4.79 Å². The van der Waals surface area contributed by atoms with Crippen molar-refractivity contribution in [1.82, 2.24) is 5.32 Å². The predicted molar refractivity (Wildman–Crippen MR) is 123 cm³/mol. The van der Waals surface area contributed by atoms with Crippen molar-refractivity contribution in [2.24, 2.45) is 4.99 Å². The van der Waals surface area contributed by atoms with Crippen LogP contribution in [0.5, 0.6) is 5.75 Å². The lowest BCUT2D eigenvalue weighted by atomic mass is 9.78. The number of halogens is 1. The van der Waals surface area contributed by atoms with Gasteiger partial charge in [0, 0.05) is 11.1 Å². The summed E-state index contributed by atoms with van der Waals surface area (Å²) in [5.41, 5.74) is 2.13. The minimum Gasteiger partial charge on any atom is -0.507 e. The predicted octanol–water partition coefficient (Wildman–Crippen LogP) is 6.02. The van der Waals surface area contributed by atoms with Gasteiger partial charge in [0.05, 0.1) is 4.91 Å². The van der Waals surface area contributed by atoms with Crippen molar-refractivity contribution >= 4 is 34.6 Å². The fraction of sp³-hybridized carbons (Fsp3) is 0.333. The molecule has 0 saturated carbocycles. The molecular weight excluding hydrogens is 399 g/mol. The fourth-order valence-corrected chi connectivity index (χ4v) is 4.00. The molecule has 0 spiro atoms. The van der Waals surface area contributed by atoms with Crippen molar-refractivity contribution < 1.29 is 14.3 Å². The monoisotopic (exact) mass is 426 g/mol. The van der Waals surface area contributed by atoms with Crippen molar-refractivity contribution in [3.63, 3.8) is 0 Å². The van der Waals surface area contributed by atoms with Crippen LogP contribution in [0.3, 0.4) is 0 Å². The molecule has 4 nitrogen and oxygen atoms in total. The average Bonchev–Trinajstić information content (AvgIpc) is 2.95. The van der Waals surface area contributed by atoms with Crippen LogP contribution in [0.1, 0.15) is 58.2 Å². The highest BCUT2D eigenvalue weighted by molar-refractivity contribution is 8.18. The highest BCUT2D eigenvalue weighted by Crippen LogP contribution is 2.40. The minimum atomic E-state index is -0.444. The molecule has 0 aromatic heterocycles. The van der Waals surface area contributed by atoms with Crippen LogP contribution in [0.4, 0.5) is 10.1 Å². The Morgan fingerprint density at radius 1 is 1.03 bits per heavy atom. The molecule has 0 aliphatic carbocycles. The van der Waals surface area contributed by atoms with E-state index in [0.29, 0.717) is 15.8 Å². The van der Waals surface area contributed by atoms with E-state index in [-0.39, 0.29) is 22.4 Å². The molecule has 1 amide bonds. The van der Waals surface area contributed by atoms with Crippen molar-refractivity contribution in [2.75, 3.05) is 0 Å². The van der Waals surface area contributed by atoms with Gasteiger partial charge in [0.25, 0.3) is 5.91 Å². The first-order valence-electron chi connectivity index (χ1n) is 9.78. The molecule has 1 aliphatic heterocycles. The number of para-hydroxylation sites is 1. The van der Waals surface area contributed by atoms with E-state index in [2.05, 4.69) is 10.3 Å². The standard InChI is InChI=1S/C24H27FN2O2S/c1-23(2,3)15-11-14(12-16(20(15)28)24(4,5)6)13-19-21(29)27-22(30-19)26-18-10-8-7-9-17(18)25/h7-13,28H,1-6H3,(H,26,27,29)/b19-13-. The summed E-state index contributed by atoms with van der Waals surface area (Å²) >= 11 is 1.17. The lowest BCUT2D eigenvalue weighted by molar-refractivity contribution is -0.115. The number of hydrogen-bond acceptors (Lipinski definition) is 4. The fourth-order valence-electron chi connectivity index (χ4n) is 3.17. The number of phenolic OH excluding ortho intramolecular Hbond substituents is 1. The number of amidine groups is 1. The number of amides is 1. The van der Waals surface area contributed by atoms with Crippen LogP contribution in [0.25, 0.3) is 6.08 Å². The number of benzene rings is 2. The molecule has 1 heterocycles. The van der Waals surface area contributed by atoms with E-state index in [0.717, 1.165) is 16.7 Å². The number of thioether (sulfide) groups is 1. The molecule has 0 bridgehead atoms. The Labute approximate surface area is 181 Å². The molecule has 2 aromatic rings. The zero-order valence-electron chi connectivity index (χ0n) is 18.1. The summed E-state index contributed by atoms with van der Waals surface area (Å²) < 4.78 is 13.9. The van der Waals surface area contributed by atoms with Gasteiger partial charge in [-0.1, -0.05) is 53.7 Å². The van der Waals surface area contributed by atoms with E-state index >= 15 is 0 Å². The topological polar surface area (TPSA) is 61.7 Å². The molecular formula is C24H27FN2O2S. The zero-order chi connectivity index (χ0) is 22.3. The Morgan fingerprint density at radius 2 is 1.60 bits per heavy atom. The number of rotatable bonds is 2. The van der Waals surface area contributed by atoms with Crippen LogP contribution < -0.4 is 5.32 Å². The van der Waals surface area contributed by atoms with E-state index in [9.17, 15) is 14.3 Å². The van der Waals surface area contributed by atoms with Gasteiger partial charge in [-0.25, -0.2) is 9.38 Å². The third kappa shape index (κ3) is 4.75. The van der Waals surface area contributed by atoms with E-state index < -0.39 is 5.82 Å². The Hall–Kier alpha value is -2.60. The molecule has 1 fully saturated rings. The summed E-state index contributed by atoms with van der Waals surface area (Å²) in [6.07, 6.45) is 1.79. The maximum Gasteiger partial charge on any atom is 0.264 e. The van der Waals surface area contributed by atoms with Gasteiger partial charge in [-0.15, -0.1) is 0 Å². The molecule has 2 N–H and O–H groups in total. The first-order valence-corrected chi connectivity index (χ1v) is 10.6. The molecule has 1 saturated heterocycles. The Bertz CT molecular complexity index is 1020. The van der Waals surface area contributed by atoms with Gasteiger partial charge < -0.3 is 10.4 Å². The van der Waals surface area contributed by atoms with Crippen LogP contribution in [-0.4, -0.2) is 16.2 Å². The van der Waals surface area contributed by atoms with Crippen LogP contribution in [0.15, 0.2) is 46.3 Å². The number of nitrogens with zero attached hydrogens (tertiary/aromatic N) is 1. The quantitative estimate of drug-likeness (QED) is 0.578. The van der Waals surface area contributed by atoms with Crippen molar-refractivity contribution in [1.29, 1.82) is 0 Å². The Balaban J connectivity index is 2.02. The van der Waals surface area contributed by atoms with Crippen LogP contribution in [0, 0.1) is 5.82 Å². The molecule has 1 aliphatic rings. The SMILES string of the molecule is CC(C)(C)c1cc(/C=C2\SC(=Nc3ccccc3F)NC2=O)cc(C(C)(C)C)c1O. The van der Waals surface area contributed by atoms with Gasteiger partial charge in [0.2, 0.25) is 0 Å². The summed E-state index contributed by atoms with van der Waals surface area (Å²) in [6, 6.07) is 10.0. The summed E-state index contributed by atoms with van der Waals surface area (Å²) in [4.78, 5) is 17.2. The number of carbonyl (C=O) groups excluding carboxylic acids is 1.